The first-order valence-electron chi connectivity index (χ1n) is 9.36. The summed E-state index contributed by atoms with van der Waals surface area (Å²) >= 11 is 3.43. The molecule has 2 unspecified atom stereocenters. The van der Waals surface area contributed by atoms with Gasteiger partial charge in [-0.25, -0.2) is 0 Å². The van der Waals surface area contributed by atoms with Gasteiger partial charge in [-0.15, -0.1) is 0 Å². The van der Waals surface area contributed by atoms with Gasteiger partial charge < -0.3 is 10.2 Å². The first kappa shape index (κ1) is 18.2. The molecule has 1 aromatic carbocycles. The zero-order valence-corrected chi connectivity index (χ0v) is 16.6. The van der Waals surface area contributed by atoms with Crippen LogP contribution in [0.5, 0.6) is 0 Å². The molecule has 5 nitrogen and oxygen atoms in total. The van der Waals surface area contributed by atoms with E-state index in [1.807, 2.05) is 24.3 Å². The fraction of sp³-hybridized carbons (Fsp3) is 0.381. The standard InChI is InChI=1S/C21H22BrN3O2/c22-16-3-1-14(2-4-16)11-20(26)25-18-5-6-19(25)13-17(12-18)24-21(27)15-7-9-23-10-8-15/h1-4,7-10,17-19H,5-6,11-13H2,(H,24,27). The van der Waals surface area contributed by atoms with Gasteiger partial charge in [-0.2, -0.15) is 0 Å². The third-order valence-corrected chi connectivity index (χ3v) is 6.10. The molecular weight excluding hydrogens is 406 g/mol. The molecule has 0 aliphatic carbocycles. The fourth-order valence-electron chi connectivity index (χ4n) is 4.34. The van der Waals surface area contributed by atoms with Crippen molar-refractivity contribution < 1.29 is 9.59 Å². The van der Waals surface area contributed by atoms with Gasteiger partial charge in [0.2, 0.25) is 5.91 Å². The maximum absolute atomic E-state index is 12.9. The summed E-state index contributed by atoms with van der Waals surface area (Å²) in [4.78, 5) is 31.3. The van der Waals surface area contributed by atoms with E-state index in [-0.39, 0.29) is 29.9 Å². The Morgan fingerprint density at radius 2 is 1.67 bits per heavy atom. The molecule has 1 aromatic heterocycles. The molecular formula is C21H22BrN3O2. The lowest BCUT2D eigenvalue weighted by Crippen LogP contribution is -2.52. The van der Waals surface area contributed by atoms with Gasteiger partial charge in [-0.3, -0.25) is 14.6 Å². The van der Waals surface area contributed by atoms with Crippen LogP contribution in [0.25, 0.3) is 0 Å². The minimum absolute atomic E-state index is 0.0589. The minimum atomic E-state index is -0.0589. The van der Waals surface area contributed by atoms with E-state index in [4.69, 9.17) is 0 Å². The molecule has 0 radical (unpaired) electrons. The lowest BCUT2D eigenvalue weighted by molar-refractivity contribution is -0.135. The molecule has 2 aliphatic rings. The Labute approximate surface area is 167 Å². The van der Waals surface area contributed by atoms with E-state index >= 15 is 0 Å². The number of benzene rings is 1. The second kappa shape index (κ2) is 7.80. The van der Waals surface area contributed by atoms with E-state index in [9.17, 15) is 9.59 Å². The van der Waals surface area contributed by atoms with Gasteiger partial charge in [0.15, 0.2) is 0 Å². The van der Waals surface area contributed by atoms with Crippen LogP contribution in [0.3, 0.4) is 0 Å². The molecule has 2 aromatic rings. The minimum Gasteiger partial charge on any atom is -0.349 e. The van der Waals surface area contributed by atoms with Crippen LogP contribution < -0.4 is 5.32 Å². The monoisotopic (exact) mass is 427 g/mol. The molecule has 1 N–H and O–H groups in total. The first-order chi connectivity index (χ1) is 13.1. The summed E-state index contributed by atoms with van der Waals surface area (Å²) in [5.41, 5.74) is 1.67. The SMILES string of the molecule is O=C(NC1CC2CCC(C1)N2C(=O)Cc1ccc(Br)cc1)c1ccncc1. The Hall–Kier alpha value is -2.21. The molecule has 140 valence electrons. The van der Waals surface area contributed by atoms with Crippen molar-refractivity contribution in [1.29, 1.82) is 0 Å². The highest BCUT2D eigenvalue weighted by Crippen LogP contribution is 2.36. The number of rotatable bonds is 4. The number of amides is 2. The van der Waals surface area contributed by atoms with Gasteiger partial charge in [0.1, 0.15) is 0 Å². The Balaban J connectivity index is 1.38. The molecule has 0 saturated carbocycles. The summed E-state index contributed by atoms with van der Waals surface area (Å²) in [5.74, 6) is 0.139. The van der Waals surface area contributed by atoms with Crippen LogP contribution in [0.15, 0.2) is 53.3 Å². The van der Waals surface area contributed by atoms with E-state index in [1.165, 1.54) is 0 Å². The molecule has 6 heteroatoms. The zero-order chi connectivity index (χ0) is 18.8. The van der Waals surface area contributed by atoms with Crippen molar-refractivity contribution in [2.75, 3.05) is 0 Å². The van der Waals surface area contributed by atoms with Crippen molar-refractivity contribution in [3.05, 3.63) is 64.4 Å². The summed E-state index contributed by atoms with van der Waals surface area (Å²) in [6, 6.07) is 12.0. The molecule has 2 fully saturated rings. The average Bonchev–Trinajstić information content (AvgIpc) is 2.95. The summed E-state index contributed by atoms with van der Waals surface area (Å²) in [6.45, 7) is 0. The van der Waals surface area contributed by atoms with Crippen molar-refractivity contribution in [1.82, 2.24) is 15.2 Å². The number of aromatic nitrogens is 1. The highest BCUT2D eigenvalue weighted by atomic mass is 79.9. The maximum atomic E-state index is 12.9. The normalized spacial score (nSPS) is 23.9. The topological polar surface area (TPSA) is 62.3 Å². The van der Waals surface area contributed by atoms with Crippen molar-refractivity contribution >= 4 is 27.7 Å². The van der Waals surface area contributed by atoms with Crippen LogP contribution >= 0.6 is 15.9 Å². The second-order valence-corrected chi connectivity index (χ2v) is 8.28. The van der Waals surface area contributed by atoms with Gasteiger partial charge in [-0.05, 0) is 55.5 Å². The van der Waals surface area contributed by atoms with Crippen molar-refractivity contribution in [3.63, 3.8) is 0 Å². The van der Waals surface area contributed by atoms with Gasteiger partial charge >= 0.3 is 0 Å². The van der Waals surface area contributed by atoms with E-state index < -0.39 is 0 Å². The number of hydrogen-bond acceptors (Lipinski definition) is 3. The van der Waals surface area contributed by atoms with Crippen LogP contribution in [-0.2, 0) is 11.2 Å². The largest absolute Gasteiger partial charge is 0.349 e. The van der Waals surface area contributed by atoms with Crippen molar-refractivity contribution in [3.8, 4) is 0 Å². The highest BCUT2D eigenvalue weighted by molar-refractivity contribution is 9.10. The number of halogens is 1. The van der Waals surface area contributed by atoms with E-state index in [2.05, 4.69) is 31.1 Å². The average molecular weight is 428 g/mol. The smallest absolute Gasteiger partial charge is 0.251 e. The summed E-state index contributed by atoms with van der Waals surface area (Å²) < 4.78 is 1.02. The third kappa shape index (κ3) is 4.05. The molecule has 0 spiro atoms. The Morgan fingerprint density at radius 1 is 1.04 bits per heavy atom. The number of carbonyl (C=O) groups excluding carboxylic acids is 2. The molecule has 3 heterocycles. The quantitative estimate of drug-likeness (QED) is 0.813. The summed E-state index contributed by atoms with van der Waals surface area (Å²) in [5, 5.41) is 3.14. The molecule has 4 rings (SSSR count). The van der Waals surface area contributed by atoms with Crippen LogP contribution in [0.4, 0.5) is 0 Å². The van der Waals surface area contributed by atoms with Crippen LogP contribution in [0, 0.1) is 0 Å². The molecule has 2 bridgehead atoms. The van der Waals surface area contributed by atoms with Gasteiger partial charge in [0.05, 0.1) is 6.42 Å². The predicted molar refractivity (Wildman–Crippen MR) is 106 cm³/mol. The molecule has 2 amide bonds. The Morgan fingerprint density at radius 3 is 2.30 bits per heavy atom. The van der Waals surface area contributed by atoms with E-state index in [0.29, 0.717) is 12.0 Å². The number of pyridine rings is 1. The lowest BCUT2D eigenvalue weighted by Gasteiger charge is -2.39. The van der Waals surface area contributed by atoms with Crippen LogP contribution in [0.1, 0.15) is 41.6 Å². The molecule has 27 heavy (non-hydrogen) atoms. The van der Waals surface area contributed by atoms with Gasteiger partial charge in [-0.1, -0.05) is 28.1 Å². The number of piperidine rings is 1. The second-order valence-electron chi connectivity index (χ2n) is 7.37. The predicted octanol–water partition coefficient (Wildman–Crippen LogP) is 3.34. The van der Waals surface area contributed by atoms with Gasteiger partial charge in [0.25, 0.3) is 5.91 Å². The Kier molecular flexibility index (Phi) is 5.25. The third-order valence-electron chi connectivity index (χ3n) is 5.57. The fourth-order valence-corrected chi connectivity index (χ4v) is 4.61. The zero-order valence-electron chi connectivity index (χ0n) is 15.0. The lowest BCUT2D eigenvalue weighted by atomic mass is 9.96. The molecule has 2 atom stereocenters. The summed E-state index contributed by atoms with van der Waals surface area (Å²) in [7, 11) is 0. The van der Waals surface area contributed by atoms with Crippen LogP contribution in [-0.4, -0.2) is 39.8 Å². The van der Waals surface area contributed by atoms with Crippen LogP contribution in [0.2, 0.25) is 0 Å². The number of nitrogens with zero attached hydrogens (tertiary/aromatic N) is 2. The molecule has 2 aliphatic heterocycles. The van der Waals surface area contributed by atoms with E-state index in [0.717, 1.165) is 35.7 Å². The Bertz CT molecular complexity index is 811. The maximum Gasteiger partial charge on any atom is 0.251 e. The number of fused-ring (bicyclic) bond motifs is 2. The van der Waals surface area contributed by atoms with Crippen molar-refractivity contribution in [2.45, 2.75) is 50.2 Å². The number of nitrogens with one attached hydrogen (secondary N) is 1. The van der Waals surface area contributed by atoms with E-state index in [1.54, 1.807) is 24.5 Å². The highest BCUT2D eigenvalue weighted by Gasteiger charge is 2.43. The van der Waals surface area contributed by atoms with Crippen molar-refractivity contribution in [2.24, 2.45) is 0 Å². The first-order valence-corrected chi connectivity index (χ1v) is 10.2. The number of hydrogen-bond donors (Lipinski definition) is 1. The molecule has 2 saturated heterocycles. The van der Waals surface area contributed by atoms with Gasteiger partial charge in [0, 0.05) is 40.6 Å². The summed E-state index contributed by atoms with van der Waals surface area (Å²) in [6.07, 6.45) is 7.41. The number of carbonyl (C=O) groups is 2.